The first-order valence-electron chi connectivity index (χ1n) is 9.01. The number of amides is 2. The fourth-order valence-corrected chi connectivity index (χ4v) is 2.96. The van der Waals surface area contributed by atoms with Crippen LogP contribution < -0.4 is 15.4 Å². The van der Waals surface area contributed by atoms with Crippen molar-refractivity contribution in [3.05, 3.63) is 58.6 Å². The summed E-state index contributed by atoms with van der Waals surface area (Å²) in [6.45, 7) is 3.72. The van der Waals surface area contributed by atoms with Crippen molar-refractivity contribution in [3.8, 4) is 5.75 Å². The lowest BCUT2D eigenvalue weighted by Crippen LogP contribution is -2.31. The molecule has 27 heavy (non-hydrogen) atoms. The van der Waals surface area contributed by atoms with Gasteiger partial charge in [0.05, 0.1) is 6.04 Å². The van der Waals surface area contributed by atoms with Gasteiger partial charge in [-0.15, -0.1) is 0 Å². The number of hydrogen-bond donors (Lipinski definition) is 2. The predicted molar refractivity (Wildman–Crippen MR) is 106 cm³/mol. The van der Waals surface area contributed by atoms with Crippen molar-refractivity contribution in [3.63, 3.8) is 0 Å². The average Bonchev–Trinajstić information content (AvgIpc) is 3.46. The maximum atomic E-state index is 12.2. The molecule has 1 aliphatic carbocycles. The van der Waals surface area contributed by atoms with E-state index in [9.17, 15) is 9.59 Å². The number of hydrogen-bond acceptors (Lipinski definition) is 3. The highest BCUT2D eigenvalue weighted by atomic mass is 35.5. The van der Waals surface area contributed by atoms with E-state index >= 15 is 0 Å². The fraction of sp³-hybridized carbons (Fsp3) is 0.333. The van der Waals surface area contributed by atoms with Crippen LogP contribution in [0.3, 0.4) is 0 Å². The molecule has 0 aliphatic heterocycles. The number of benzene rings is 2. The van der Waals surface area contributed by atoms with E-state index < -0.39 is 0 Å². The quantitative estimate of drug-likeness (QED) is 0.747. The smallest absolute Gasteiger partial charge is 0.258 e. The third-order valence-corrected chi connectivity index (χ3v) is 4.73. The molecule has 142 valence electrons. The molecule has 6 heteroatoms. The minimum absolute atomic E-state index is 0.0671. The first-order chi connectivity index (χ1) is 12.9. The number of nitrogens with one attached hydrogen (secondary N) is 2. The molecule has 1 aliphatic rings. The van der Waals surface area contributed by atoms with Crippen molar-refractivity contribution in [2.45, 2.75) is 32.7 Å². The zero-order valence-corrected chi connectivity index (χ0v) is 16.2. The lowest BCUT2D eigenvalue weighted by atomic mass is 10.1. The van der Waals surface area contributed by atoms with Crippen LogP contribution in [0.25, 0.3) is 0 Å². The molecule has 3 rings (SSSR count). The highest BCUT2D eigenvalue weighted by molar-refractivity contribution is 6.30. The molecule has 2 N–H and O–H groups in total. The monoisotopic (exact) mass is 386 g/mol. The van der Waals surface area contributed by atoms with Crippen LogP contribution in [0, 0.1) is 12.8 Å². The summed E-state index contributed by atoms with van der Waals surface area (Å²) < 4.78 is 5.56. The van der Waals surface area contributed by atoms with Gasteiger partial charge in [-0.05, 0) is 68.1 Å². The Morgan fingerprint density at radius 3 is 2.52 bits per heavy atom. The summed E-state index contributed by atoms with van der Waals surface area (Å²) in [5, 5.41) is 6.45. The molecule has 0 bridgehead atoms. The van der Waals surface area contributed by atoms with E-state index in [-0.39, 0.29) is 30.4 Å². The molecule has 0 spiro atoms. The average molecular weight is 387 g/mol. The highest BCUT2D eigenvalue weighted by Gasteiger charge is 2.29. The summed E-state index contributed by atoms with van der Waals surface area (Å²) in [4.78, 5) is 23.9. The predicted octanol–water partition coefficient (Wildman–Crippen LogP) is 4.25. The third kappa shape index (κ3) is 5.47. The molecule has 0 saturated heterocycles. The second-order valence-corrected chi connectivity index (χ2v) is 7.31. The fourth-order valence-electron chi connectivity index (χ4n) is 2.73. The summed E-state index contributed by atoms with van der Waals surface area (Å²) >= 11 is 5.92. The Hall–Kier alpha value is -2.53. The molecule has 2 aromatic carbocycles. The second-order valence-electron chi connectivity index (χ2n) is 6.87. The number of carbonyl (C=O) groups excluding carboxylic acids is 2. The Kier molecular flexibility index (Phi) is 6.01. The van der Waals surface area contributed by atoms with Crippen molar-refractivity contribution in [1.29, 1.82) is 0 Å². The van der Waals surface area contributed by atoms with Gasteiger partial charge < -0.3 is 15.4 Å². The standard InChI is InChI=1S/C21H23ClN2O3/c1-13-11-17(22)7-10-19(13)27-12-20(25)23-14(2)15-5-8-18(9-6-15)24-21(26)16-3-4-16/h5-11,14,16H,3-4,12H2,1-2H3,(H,23,25)(H,24,26). The van der Waals surface area contributed by atoms with Gasteiger partial charge >= 0.3 is 0 Å². The van der Waals surface area contributed by atoms with Crippen LogP contribution in [0.4, 0.5) is 5.69 Å². The van der Waals surface area contributed by atoms with Gasteiger partial charge in [0.1, 0.15) is 5.75 Å². The lowest BCUT2D eigenvalue weighted by Gasteiger charge is -2.16. The Morgan fingerprint density at radius 1 is 1.19 bits per heavy atom. The van der Waals surface area contributed by atoms with E-state index in [1.807, 2.05) is 38.1 Å². The van der Waals surface area contributed by atoms with Gasteiger partial charge in [0.15, 0.2) is 6.61 Å². The van der Waals surface area contributed by atoms with Crippen LogP contribution in [0.15, 0.2) is 42.5 Å². The van der Waals surface area contributed by atoms with Gasteiger partial charge in [-0.1, -0.05) is 23.7 Å². The molecule has 1 saturated carbocycles. The van der Waals surface area contributed by atoms with Gasteiger partial charge in [0.2, 0.25) is 5.91 Å². The summed E-state index contributed by atoms with van der Waals surface area (Å²) in [5.74, 6) is 0.687. The van der Waals surface area contributed by atoms with Crippen molar-refractivity contribution in [1.82, 2.24) is 5.32 Å². The highest BCUT2D eigenvalue weighted by Crippen LogP contribution is 2.30. The number of ether oxygens (including phenoxy) is 1. The SMILES string of the molecule is Cc1cc(Cl)ccc1OCC(=O)NC(C)c1ccc(NC(=O)C2CC2)cc1. The summed E-state index contributed by atoms with van der Waals surface area (Å²) in [6.07, 6.45) is 1.95. The molecule has 0 radical (unpaired) electrons. The summed E-state index contributed by atoms with van der Waals surface area (Å²) in [5.41, 5.74) is 2.61. The minimum Gasteiger partial charge on any atom is -0.484 e. The zero-order chi connectivity index (χ0) is 19.4. The van der Waals surface area contributed by atoms with E-state index in [1.165, 1.54) is 0 Å². The van der Waals surface area contributed by atoms with Crippen molar-refractivity contribution in [2.24, 2.45) is 5.92 Å². The number of carbonyl (C=O) groups is 2. The van der Waals surface area contributed by atoms with Gasteiger partial charge in [0.25, 0.3) is 5.91 Å². The van der Waals surface area contributed by atoms with Gasteiger partial charge in [-0.25, -0.2) is 0 Å². The zero-order valence-electron chi connectivity index (χ0n) is 15.4. The maximum absolute atomic E-state index is 12.2. The Balaban J connectivity index is 1.49. The topological polar surface area (TPSA) is 67.4 Å². The molecule has 2 aromatic rings. The number of halogens is 1. The largest absolute Gasteiger partial charge is 0.484 e. The van der Waals surface area contributed by atoms with Gasteiger partial charge in [-0.3, -0.25) is 9.59 Å². The van der Waals surface area contributed by atoms with Crippen LogP contribution in [0.2, 0.25) is 5.02 Å². The summed E-state index contributed by atoms with van der Waals surface area (Å²) in [7, 11) is 0. The van der Waals surface area contributed by atoms with E-state index in [2.05, 4.69) is 10.6 Å². The van der Waals surface area contributed by atoms with Crippen molar-refractivity contribution in [2.75, 3.05) is 11.9 Å². The van der Waals surface area contributed by atoms with E-state index in [0.29, 0.717) is 10.8 Å². The molecule has 2 amide bonds. The van der Waals surface area contributed by atoms with E-state index in [4.69, 9.17) is 16.3 Å². The van der Waals surface area contributed by atoms with Crippen LogP contribution in [-0.2, 0) is 9.59 Å². The van der Waals surface area contributed by atoms with Gasteiger partial charge in [0, 0.05) is 16.6 Å². The van der Waals surface area contributed by atoms with Crippen LogP contribution >= 0.6 is 11.6 Å². The Labute approximate surface area is 164 Å². The molecular formula is C21H23ClN2O3. The van der Waals surface area contributed by atoms with Crippen molar-refractivity contribution < 1.29 is 14.3 Å². The number of anilines is 1. The molecule has 0 aromatic heterocycles. The lowest BCUT2D eigenvalue weighted by molar-refractivity contribution is -0.123. The molecule has 1 atom stereocenters. The van der Waals surface area contributed by atoms with Crippen LogP contribution in [-0.4, -0.2) is 18.4 Å². The molecule has 1 unspecified atom stereocenters. The van der Waals surface area contributed by atoms with Crippen LogP contribution in [0.1, 0.15) is 36.9 Å². The third-order valence-electron chi connectivity index (χ3n) is 4.50. The normalized spacial score (nSPS) is 14.3. The number of rotatable bonds is 7. The molecule has 0 heterocycles. The molecular weight excluding hydrogens is 364 g/mol. The first-order valence-corrected chi connectivity index (χ1v) is 9.39. The minimum atomic E-state index is -0.206. The van der Waals surface area contributed by atoms with E-state index in [0.717, 1.165) is 29.7 Å². The number of aryl methyl sites for hydroxylation is 1. The Bertz CT molecular complexity index is 832. The maximum Gasteiger partial charge on any atom is 0.258 e. The second kappa shape index (κ2) is 8.44. The molecule has 5 nitrogen and oxygen atoms in total. The summed E-state index contributed by atoms with van der Waals surface area (Å²) in [6, 6.07) is 12.6. The molecule has 1 fully saturated rings. The van der Waals surface area contributed by atoms with Crippen LogP contribution in [0.5, 0.6) is 5.75 Å². The van der Waals surface area contributed by atoms with E-state index in [1.54, 1.807) is 18.2 Å². The first kappa shape index (κ1) is 19.2. The Morgan fingerprint density at radius 2 is 1.89 bits per heavy atom. The van der Waals surface area contributed by atoms with Crippen molar-refractivity contribution >= 4 is 29.1 Å². The van der Waals surface area contributed by atoms with Gasteiger partial charge in [-0.2, -0.15) is 0 Å².